The van der Waals surface area contributed by atoms with Gasteiger partial charge in [0.15, 0.2) is 0 Å². The van der Waals surface area contributed by atoms with Gasteiger partial charge in [0.05, 0.1) is 16.1 Å². The summed E-state index contributed by atoms with van der Waals surface area (Å²) in [6.07, 6.45) is 0. The van der Waals surface area contributed by atoms with Crippen molar-refractivity contribution in [1.82, 2.24) is 4.31 Å². The Labute approximate surface area is 150 Å². The first-order chi connectivity index (χ1) is 11.5. The highest BCUT2D eigenvalue weighted by molar-refractivity contribution is 9.10. The number of sulfonamides is 1. The van der Waals surface area contributed by atoms with Crippen LogP contribution in [0.25, 0.3) is 0 Å². The number of rotatable bonds is 3. The number of nitriles is 1. The van der Waals surface area contributed by atoms with Gasteiger partial charge in [-0.25, -0.2) is 8.42 Å². The number of nitrogens with zero attached hydrogens (tertiary/aromatic N) is 3. The highest BCUT2D eigenvalue weighted by Gasteiger charge is 2.30. The van der Waals surface area contributed by atoms with Crippen molar-refractivity contribution in [2.45, 2.75) is 4.90 Å². The molecule has 0 amide bonds. The SMILES string of the molecule is N#Cc1ccccc1N1CCN(S(=O)(=O)c2ccccc2Br)CC1. The standard InChI is InChI=1S/C17H16BrN3O2S/c18-15-6-2-4-8-17(15)24(22,23)21-11-9-20(10-12-21)16-7-3-1-5-14(16)13-19/h1-8H,9-12H2. The van der Waals surface area contributed by atoms with Gasteiger partial charge in [-0.2, -0.15) is 9.57 Å². The number of anilines is 1. The van der Waals surface area contributed by atoms with E-state index in [2.05, 4.69) is 26.9 Å². The lowest BCUT2D eigenvalue weighted by Gasteiger charge is -2.35. The molecule has 1 aliphatic heterocycles. The lowest BCUT2D eigenvalue weighted by Crippen LogP contribution is -2.48. The third-order valence-electron chi connectivity index (χ3n) is 4.06. The van der Waals surface area contributed by atoms with Crippen molar-refractivity contribution in [2.75, 3.05) is 31.1 Å². The molecule has 3 rings (SSSR count). The Morgan fingerprint density at radius 1 is 0.958 bits per heavy atom. The van der Waals surface area contributed by atoms with Crippen LogP contribution in [0.1, 0.15) is 5.56 Å². The first-order valence-electron chi connectivity index (χ1n) is 7.53. The molecule has 1 fully saturated rings. The van der Waals surface area contributed by atoms with Crippen LogP contribution in [0.15, 0.2) is 57.9 Å². The van der Waals surface area contributed by atoms with E-state index in [0.717, 1.165) is 5.69 Å². The maximum Gasteiger partial charge on any atom is 0.244 e. The van der Waals surface area contributed by atoms with Gasteiger partial charge in [0.2, 0.25) is 10.0 Å². The van der Waals surface area contributed by atoms with Gasteiger partial charge in [0.25, 0.3) is 0 Å². The van der Waals surface area contributed by atoms with E-state index < -0.39 is 10.0 Å². The molecular formula is C17H16BrN3O2S. The summed E-state index contributed by atoms with van der Waals surface area (Å²) in [6.45, 7) is 1.90. The molecule has 1 saturated heterocycles. The zero-order valence-electron chi connectivity index (χ0n) is 12.9. The zero-order chi connectivity index (χ0) is 17.2. The van der Waals surface area contributed by atoms with Crippen molar-refractivity contribution in [1.29, 1.82) is 5.26 Å². The number of hydrogen-bond donors (Lipinski definition) is 0. The van der Waals surface area contributed by atoms with Crippen LogP contribution in [0.3, 0.4) is 0 Å². The smallest absolute Gasteiger partial charge is 0.244 e. The van der Waals surface area contributed by atoms with Crippen molar-refractivity contribution in [3.05, 3.63) is 58.6 Å². The number of para-hydroxylation sites is 1. The Morgan fingerprint density at radius 2 is 1.58 bits per heavy atom. The molecule has 7 heteroatoms. The first-order valence-corrected chi connectivity index (χ1v) is 9.76. The zero-order valence-corrected chi connectivity index (χ0v) is 15.3. The topological polar surface area (TPSA) is 64.4 Å². The Morgan fingerprint density at radius 3 is 2.25 bits per heavy atom. The molecule has 2 aromatic carbocycles. The molecule has 0 unspecified atom stereocenters. The maximum absolute atomic E-state index is 12.8. The predicted molar refractivity (Wildman–Crippen MR) is 96.3 cm³/mol. The van der Waals surface area contributed by atoms with Crippen molar-refractivity contribution < 1.29 is 8.42 Å². The molecule has 5 nitrogen and oxygen atoms in total. The van der Waals surface area contributed by atoms with Gasteiger partial charge in [0, 0.05) is 30.7 Å². The van der Waals surface area contributed by atoms with Gasteiger partial charge in [-0.05, 0) is 40.2 Å². The largest absolute Gasteiger partial charge is 0.368 e. The molecule has 1 heterocycles. The number of piperazine rings is 1. The number of halogens is 1. The van der Waals surface area contributed by atoms with Crippen LogP contribution in [0.4, 0.5) is 5.69 Å². The predicted octanol–water partition coefficient (Wildman–Crippen LogP) is 2.83. The van der Waals surface area contributed by atoms with Gasteiger partial charge in [-0.3, -0.25) is 0 Å². The van der Waals surface area contributed by atoms with Gasteiger partial charge in [-0.1, -0.05) is 24.3 Å². The van der Waals surface area contributed by atoms with Crippen LogP contribution >= 0.6 is 15.9 Å². The maximum atomic E-state index is 12.8. The summed E-state index contributed by atoms with van der Waals surface area (Å²) < 4.78 is 27.7. The second-order valence-electron chi connectivity index (χ2n) is 5.45. The van der Waals surface area contributed by atoms with Crippen molar-refractivity contribution in [3.8, 4) is 6.07 Å². The van der Waals surface area contributed by atoms with Crippen LogP contribution in [0.5, 0.6) is 0 Å². The van der Waals surface area contributed by atoms with E-state index in [0.29, 0.717) is 36.2 Å². The fourth-order valence-electron chi connectivity index (χ4n) is 2.81. The van der Waals surface area contributed by atoms with E-state index in [1.54, 1.807) is 30.3 Å². The van der Waals surface area contributed by atoms with Crippen molar-refractivity contribution in [3.63, 3.8) is 0 Å². The van der Waals surface area contributed by atoms with Gasteiger partial charge in [0.1, 0.15) is 6.07 Å². The van der Waals surface area contributed by atoms with E-state index in [-0.39, 0.29) is 4.90 Å². The fraction of sp³-hybridized carbons (Fsp3) is 0.235. The molecule has 0 bridgehead atoms. The van der Waals surface area contributed by atoms with Crippen LogP contribution in [0, 0.1) is 11.3 Å². The number of hydrogen-bond acceptors (Lipinski definition) is 4. The summed E-state index contributed by atoms with van der Waals surface area (Å²) in [5.41, 5.74) is 1.47. The Hall–Kier alpha value is -1.88. The first kappa shape index (κ1) is 17.0. The Bertz CT molecular complexity index is 885. The van der Waals surface area contributed by atoms with Crippen LogP contribution in [-0.4, -0.2) is 38.9 Å². The van der Waals surface area contributed by atoms with E-state index in [1.165, 1.54) is 4.31 Å². The molecule has 124 valence electrons. The second-order valence-corrected chi connectivity index (χ2v) is 8.21. The highest BCUT2D eigenvalue weighted by Crippen LogP contribution is 2.27. The van der Waals surface area contributed by atoms with Crippen molar-refractivity contribution in [2.24, 2.45) is 0 Å². The second kappa shape index (κ2) is 6.93. The van der Waals surface area contributed by atoms with E-state index in [1.807, 2.05) is 18.2 Å². The van der Waals surface area contributed by atoms with Crippen LogP contribution in [0.2, 0.25) is 0 Å². The van der Waals surface area contributed by atoms with Crippen LogP contribution in [-0.2, 0) is 10.0 Å². The molecule has 0 atom stereocenters. The normalized spacial score (nSPS) is 15.9. The average molecular weight is 406 g/mol. The van der Waals surface area contributed by atoms with E-state index >= 15 is 0 Å². The fourth-order valence-corrected chi connectivity index (χ4v) is 5.19. The molecule has 24 heavy (non-hydrogen) atoms. The minimum Gasteiger partial charge on any atom is -0.368 e. The molecule has 0 aliphatic carbocycles. The summed E-state index contributed by atoms with van der Waals surface area (Å²) in [5, 5.41) is 9.22. The highest BCUT2D eigenvalue weighted by atomic mass is 79.9. The van der Waals surface area contributed by atoms with Gasteiger partial charge < -0.3 is 4.90 Å². The number of benzene rings is 2. The summed E-state index contributed by atoms with van der Waals surface area (Å²) in [5.74, 6) is 0. The lowest BCUT2D eigenvalue weighted by molar-refractivity contribution is 0.384. The third kappa shape index (κ3) is 3.18. The Balaban J connectivity index is 1.78. The Kier molecular flexibility index (Phi) is 4.90. The minimum absolute atomic E-state index is 0.288. The monoisotopic (exact) mass is 405 g/mol. The van der Waals surface area contributed by atoms with E-state index in [9.17, 15) is 13.7 Å². The molecule has 0 spiro atoms. The van der Waals surface area contributed by atoms with E-state index in [4.69, 9.17) is 0 Å². The summed E-state index contributed by atoms with van der Waals surface area (Å²) in [6, 6.07) is 16.4. The van der Waals surface area contributed by atoms with Gasteiger partial charge >= 0.3 is 0 Å². The molecule has 2 aromatic rings. The lowest BCUT2D eigenvalue weighted by atomic mass is 10.1. The van der Waals surface area contributed by atoms with Crippen LogP contribution < -0.4 is 4.90 Å². The summed E-state index contributed by atoms with van der Waals surface area (Å²) >= 11 is 3.31. The summed E-state index contributed by atoms with van der Waals surface area (Å²) in [4.78, 5) is 2.35. The molecule has 0 aromatic heterocycles. The summed E-state index contributed by atoms with van der Waals surface area (Å²) in [7, 11) is -3.52. The molecular weight excluding hydrogens is 390 g/mol. The minimum atomic E-state index is -3.52. The molecule has 0 N–H and O–H groups in total. The average Bonchev–Trinajstić information content (AvgIpc) is 2.62. The quantitative estimate of drug-likeness (QED) is 0.787. The molecule has 1 aliphatic rings. The van der Waals surface area contributed by atoms with Gasteiger partial charge in [-0.15, -0.1) is 0 Å². The molecule has 0 saturated carbocycles. The third-order valence-corrected chi connectivity index (χ3v) is 6.97. The van der Waals surface area contributed by atoms with Crippen molar-refractivity contribution >= 4 is 31.6 Å². The molecule has 0 radical (unpaired) electrons.